The van der Waals surface area contributed by atoms with Gasteiger partial charge in [0.1, 0.15) is 4.83 Å². The van der Waals surface area contributed by atoms with E-state index in [4.69, 9.17) is 4.98 Å². The third-order valence-corrected chi connectivity index (χ3v) is 7.62. The Hall–Kier alpha value is -2.21. The van der Waals surface area contributed by atoms with Gasteiger partial charge in [-0.25, -0.2) is 4.98 Å². The van der Waals surface area contributed by atoms with E-state index >= 15 is 0 Å². The highest BCUT2D eigenvalue weighted by Gasteiger charge is 2.25. The Morgan fingerprint density at radius 1 is 1.21 bits per heavy atom. The van der Waals surface area contributed by atoms with Crippen molar-refractivity contribution >= 4 is 33.1 Å². The molecule has 1 saturated carbocycles. The van der Waals surface area contributed by atoms with E-state index in [0.717, 1.165) is 48.7 Å². The zero-order valence-electron chi connectivity index (χ0n) is 16.2. The number of aryl methyl sites for hydroxylation is 2. The minimum Gasteiger partial charge on any atom is -0.349 e. The number of nitrogens with zero attached hydrogens (tertiary/aromatic N) is 2. The average molecular weight is 396 g/mol. The molecule has 5 nitrogen and oxygen atoms in total. The molecule has 146 valence electrons. The molecular weight excluding hydrogens is 370 g/mol. The van der Waals surface area contributed by atoms with Gasteiger partial charge in [-0.3, -0.25) is 14.0 Å². The van der Waals surface area contributed by atoms with Crippen LogP contribution in [0.1, 0.15) is 66.2 Å². The first-order valence-corrected chi connectivity index (χ1v) is 11.2. The van der Waals surface area contributed by atoms with Gasteiger partial charge in [0.05, 0.1) is 10.9 Å². The molecule has 6 heteroatoms. The fourth-order valence-electron chi connectivity index (χ4n) is 4.80. The number of pyridine rings is 1. The van der Waals surface area contributed by atoms with Crippen LogP contribution in [0.25, 0.3) is 15.9 Å². The van der Waals surface area contributed by atoms with Crippen LogP contribution in [0.15, 0.2) is 23.1 Å². The summed E-state index contributed by atoms with van der Waals surface area (Å²) in [7, 11) is 0. The van der Waals surface area contributed by atoms with Gasteiger partial charge in [-0.1, -0.05) is 19.8 Å². The van der Waals surface area contributed by atoms with Gasteiger partial charge in [0, 0.05) is 17.1 Å². The van der Waals surface area contributed by atoms with E-state index in [1.165, 1.54) is 23.3 Å². The number of aromatic nitrogens is 2. The first kappa shape index (κ1) is 17.9. The van der Waals surface area contributed by atoms with E-state index in [9.17, 15) is 9.59 Å². The molecule has 0 saturated heterocycles. The molecule has 2 atom stereocenters. The maximum absolute atomic E-state index is 13.2. The molecule has 2 unspecified atom stereocenters. The second kappa shape index (κ2) is 6.99. The van der Waals surface area contributed by atoms with E-state index < -0.39 is 0 Å². The van der Waals surface area contributed by atoms with Crippen LogP contribution >= 0.6 is 11.3 Å². The maximum atomic E-state index is 13.2. The molecule has 2 aliphatic rings. The fraction of sp³-hybridized carbons (Fsp3) is 0.500. The summed E-state index contributed by atoms with van der Waals surface area (Å²) in [5.74, 6) is 0.364. The third kappa shape index (κ3) is 2.85. The summed E-state index contributed by atoms with van der Waals surface area (Å²) in [6.45, 7) is 2.20. The van der Waals surface area contributed by atoms with E-state index in [1.54, 1.807) is 34.1 Å². The normalized spacial score (nSPS) is 22.3. The lowest BCUT2D eigenvalue weighted by Gasteiger charge is -2.29. The number of nitrogens with one attached hydrogen (secondary N) is 1. The molecule has 3 heterocycles. The van der Waals surface area contributed by atoms with Crippen molar-refractivity contribution in [3.05, 3.63) is 44.7 Å². The second-order valence-electron chi connectivity index (χ2n) is 8.27. The summed E-state index contributed by atoms with van der Waals surface area (Å²) in [5.41, 5.74) is 2.11. The molecule has 1 N–H and O–H groups in total. The van der Waals surface area contributed by atoms with Crippen LogP contribution < -0.4 is 10.9 Å². The highest BCUT2D eigenvalue weighted by atomic mass is 32.1. The van der Waals surface area contributed by atoms with Gasteiger partial charge in [-0.15, -0.1) is 11.3 Å². The van der Waals surface area contributed by atoms with Gasteiger partial charge >= 0.3 is 0 Å². The standard InChI is InChI=1S/C22H25N3O2S/c1-13-7-2-4-10-16(13)23-20(26)15-9-6-12-25-19(15)24-21-18(22(25)27)14-8-3-5-11-17(14)28-21/h6,9,12-13,16H,2-5,7-8,10-11H2,1H3,(H,23,26). The lowest BCUT2D eigenvalue weighted by Crippen LogP contribution is -2.41. The quantitative estimate of drug-likeness (QED) is 0.711. The highest BCUT2D eigenvalue weighted by Crippen LogP contribution is 2.34. The Morgan fingerprint density at radius 3 is 2.89 bits per heavy atom. The van der Waals surface area contributed by atoms with Crippen molar-refractivity contribution in [3.8, 4) is 0 Å². The predicted octanol–water partition coefficient (Wildman–Crippen LogP) is 4.10. The smallest absolute Gasteiger partial charge is 0.266 e. The van der Waals surface area contributed by atoms with Crippen LogP contribution in [0.4, 0.5) is 0 Å². The van der Waals surface area contributed by atoms with E-state index in [-0.39, 0.29) is 17.5 Å². The number of carbonyl (C=O) groups is 1. The fourth-order valence-corrected chi connectivity index (χ4v) is 6.05. The van der Waals surface area contributed by atoms with Gasteiger partial charge in [0.2, 0.25) is 0 Å². The molecule has 2 aliphatic carbocycles. The molecule has 1 fully saturated rings. The number of hydrogen-bond acceptors (Lipinski definition) is 4. The van der Waals surface area contributed by atoms with Crippen molar-refractivity contribution in [2.75, 3.05) is 0 Å². The van der Waals surface area contributed by atoms with Crippen molar-refractivity contribution in [2.45, 2.75) is 64.3 Å². The third-order valence-electron chi connectivity index (χ3n) is 6.43. The molecule has 1 amide bonds. The van der Waals surface area contributed by atoms with Gasteiger partial charge in [0.25, 0.3) is 11.5 Å². The van der Waals surface area contributed by atoms with Gasteiger partial charge in [-0.2, -0.15) is 0 Å². The number of fused-ring (bicyclic) bond motifs is 4. The van der Waals surface area contributed by atoms with Crippen LogP contribution in [0.5, 0.6) is 0 Å². The summed E-state index contributed by atoms with van der Waals surface area (Å²) in [4.78, 5) is 33.2. The number of amides is 1. The van der Waals surface area contributed by atoms with Crippen LogP contribution in [-0.4, -0.2) is 21.3 Å². The van der Waals surface area contributed by atoms with E-state index in [2.05, 4.69) is 12.2 Å². The average Bonchev–Trinajstić information content (AvgIpc) is 3.08. The summed E-state index contributed by atoms with van der Waals surface area (Å²) in [6.07, 6.45) is 10.6. The van der Waals surface area contributed by atoms with Crippen LogP contribution in [0, 0.1) is 5.92 Å². The lowest BCUT2D eigenvalue weighted by atomic mass is 9.86. The van der Waals surface area contributed by atoms with Crippen molar-refractivity contribution < 1.29 is 4.79 Å². The number of rotatable bonds is 2. The molecule has 0 radical (unpaired) electrons. The SMILES string of the molecule is CC1CCCCC1NC(=O)c1cccn2c(=O)c3c4c(sc3nc12)CCCC4. The Morgan fingerprint density at radius 2 is 2.04 bits per heavy atom. The molecule has 3 aromatic heterocycles. The lowest BCUT2D eigenvalue weighted by molar-refractivity contribution is 0.0911. The van der Waals surface area contributed by atoms with Gasteiger partial charge < -0.3 is 5.32 Å². The summed E-state index contributed by atoms with van der Waals surface area (Å²) in [6, 6.07) is 3.76. The maximum Gasteiger partial charge on any atom is 0.266 e. The Kier molecular flexibility index (Phi) is 4.46. The molecule has 0 aromatic carbocycles. The summed E-state index contributed by atoms with van der Waals surface area (Å²) in [5, 5.41) is 3.96. The molecule has 0 bridgehead atoms. The first-order chi connectivity index (χ1) is 13.6. The largest absolute Gasteiger partial charge is 0.349 e. The molecule has 0 aliphatic heterocycles. The Balaban J connectivity index is 1.61. The molecule has 5 rings (SSSR count). The number of hydrogen-bond donors (Lipinski definition) is 1. The van der Waals surface area contributed by atoms with Crippen LogP contribution in [0.3, 0.4) is 0 Å². The minimum atomic E-state index is -0.121. The first-order valence-electron chi connectivity index (χ1n) is 10.4. The summed E-state index contributed by atoms with van der Waals surface area (Å²) >= 11 is 1.63. The molecule has 0 spiro atoms. The molecular formula is C22H25N3O2S. The zero-order valence-corrected chi connectivity index (χ0v) is 17.0. The number of carbonyl (C=O) groups excluding carboxylic acids is 1. The van der Waals surface area contributed by atoms with Crippen molar-refractivity contribution in [3.63, 3.8) is 0 Å². The van der Waals surface area contributed by atoms with Gasteiger partial charge in [-0.05, 0) is 62.1 Å². The van der Waals surface area contributed by atoms with E-state index in [1.807, 2.05) is 0 Å². The number of thiophene rings is 1. The van der Waals surface area contributed by atoms with Crippen molar-refractivity contribution in [1.29, 1.82) is 0 Å². The predicted molar refractivity (Wildman–Crippen MR) is 112 cm³/mol. The summed E-state index contributed by atoms with van der Waals surface area (Å²) < 4.78 is 1.56. The van der Waals surface area contributed by atoms with Crippen molar-refractivity contribution in [1.82, 2.24) is 14.7 Å². The molecule has 28 heavy (non-hydrogen) atoms. The Labute approximate surface area is 167 Å². The topological polar surface area (TPSA) is 63.5 Å². The minimum absolute atomic E-state index is 0.0416. The molecule has 3 aromatic rings. The van der Waals surface area contributed by atoms with Gasteiger partial charge in [0.15, 0.2) is 5.65 Å². The zero-order chi connectivity index (χ0) is 19.3. The highest BCUT2D eigenvalue weighted by molar-refractivity contribution is 7.18. The monoisotopic (exact) mass is 395 g/mol. The van der Waals surface area contributed by atoms with Crippen molar-refractivity contribution in [2.24, 2.45) is 5.92 Å². The van der Waals surface area contributed by atoms with E-state index in [0.29, 0.717) is 17.1 Å². The van der Waals surface area contributed by atoms with Crippen LogP contribution in [-0.2, 0) is 12.8 Å². The Bertz CT molecular complexity index is 1130. The second-order valence-corrected chi connectivity index (χ2v) is 9.35. The van der Waals surface area contributed by atoms with Crippen LogP contribution in [0.2, 0.25) is 0 Å².